The van der Waals surface area contributed by atoms with Crippen molar-refractivity contribution in [3.8, 4) is 0 Å². The van der Waals surface area contributed by atoms with Crippen LogP contribution >= 0.6 is 15.9 Å². The lowest BCUT2D eigenvalue weighted by molar-refractivity contribution is -0.141. The number of alkyl halides is 2. The first-order valence-electron chi connectivity index (χ1n) is 7.27. The average molecular weight is 352 g/mol. The van der Waals surface area contributed by atoms with Crippen LogP contribution in [0.2, 0.25) is 0 Å². The zero-order valence-electron chi connectivity index (χ0n) is 11.3. The molecule has 1 saturated heterocycles. The number of likely N-dealkylation sites (tertiary alicyclic amines) is 1. The Bertz CT molecular complexity index is 608. The Morgan fingerprint density at radius 3 is 2.52 bits per heavy atom. The van der Waals surface area contributed by atoms with Gasteiger partial charge >= 0.3 is 0 Å². The van der Waals surface area contributed by atoms with Crippen LogP contribution in [0.1, 0.15) is 12.0 Å². The molecule has 0 aromatic heterocycles. The van der Waals surface area contributed by atoms with Crippen molar-refractivity contribution in [3.05, 3.63) is 35.9 Å². The van der Waals surface area contributed by atoms with Crippen LogP contribution in [0, 0.1) is 23.7 Å². The van der Waals surface area contributed by atoms with E-state index in [1.807, 2.05) is 30.3 Å². The van der Waals surface area contributed by atoms with Crippen molar-refractivity contribution in [2.24, 2.45) is 23.7 Å². The Kier molecular flexibility index (Phi) is 2.96. The summed E-state index contributed by atoms with van der Waals surface area (Å²) in [7, 11) is 0. The molecule has 1 heterocycles. The van der Waals surface area contributed by atoms with E-state index in [1.165, 1.54) is 4.90 Å². The van der Waals surface area contributed by atoms with E-state index in [1.54, 1.807) is 0 Å². The van der Waals surface area contributed by atoms with Crippen LogP contribution in [0.3, 0.4) is 0 Å². The van der Waals surface area contributed by atoms with Gasteiger partial charge in [-0.25, -0.2) is 4.39 Å². The van der Waals surface area contributed by atoms with E-state index in [-0.39, 0.29) is 34.4 Å². The molecule has 2 saturated carbocycles. The lowest BCUT2D eigenvalue weighted by Gasteiger charge is -2.22. The highest BCUT2D eigenvalue weighted by Crippen LogP contribution is 2.59. The van der Waals surface area contributed by atoms with Crippen LogP contribution in [0.4, 0.5) is 4.39 Å². The Morgan fingerprint density at radius 1 is 1.14 bits per heavy atom. The number of nitrogens with zero attached hydrogens (tertiary/aromatic N) is 1. The summed E-state index contributed by atoms with van der Waals surface area (Å²) >= 11 is 3.51. The predicted molar refractivity (Wildman–Crippen MR) is 78.2 cm³/mol. The summed E-state index contributed by atoms with van der Waals surface area (Å²) in [6.45, 7) is 0.300. The van der Waals surface area contributed by atoms with Gasteiger partial charge in [0.1, 0.15) is 6.17 Å². The number of fused-ring (bicyclic) bond motifs is 5. The molecule has 21 heavy (non-hydrogen) atoms. The first-order chi connectivity index (χ1) is 10.1. The molecular formula is C16H15BrFNO2. The minimum absolute atomic E-state index is 0.0331. The molecule has 2 amide bonds. The Hall–Kier alpha value is -1.23. The molecule has 1 aromatic carbocycles. The van der Waals surface area contributed by atoms with Crippen LogP contribution in [-0.4, -0.2) is 27.7 Å². The third-order valence-electron chi connectivity index (χ3n) is 5.24. The van der Waals surface area contributed by atoms with Crippen LogP contribution in [0.15, 0.2) is 30.3 Å². The summed E-state index contributed by atoms with van der Waals surface area (Å²) in [5, 5.41) is 0. The summed E-state index contributed by atoms with van der Waals surface area (Å²) in [5.74, 6) is -1.45. The summed E-state index contributed by atoms with van der Waals surface area (Å²) in [4.78, 5) is 26.5. The van der Waals surface area contributed by atoms with E-state index in [0.29, 0.717) is 13.0 Å². The Labute approximate surface area is 130 Å². The van der Waals surface area contributed by atoms with Gasteiger partial charge in [0.15, 0.2) is 0 Å². The molecule has 2 aliphatic carbocycles. The van der Waals surface area contributed by atoms with E-state index in [2.05, 4.69) is 15.9 Å². The molecular weight excluding hydrogens is 337 g/mol. The number of carbonyl (C=O) groups is 2. The van der Waals surface area contributed by atoms with Crippen molar-refractivity contribution >= 4 is 27.7 Å². The smallest absolute Gasteiger partial charge is 0.233 e. The second-order valence-corrected chi connectivity index (χ2v) is 7.29. The minimum atomic E-state index is -0.964. The van der Waals surface area contributed by atoms with Crippen LogP contribution in [0.5, 0.6) is 0 Å². The quantitative estimate of drug-likeness (QED) is 0.606. The standard InChI is InChI=1S/C16H15BrFNO2/c17-14-9-6-10(18)12(14)13-11(9)15(20)19(16(13)21)7-8-4-2-1-3-5-8/h1-5,9-14H,6-7H2/t9-,10+,11?,12+,13?,14?/m1/s1. The fourth-order valence-corrected chi connectivity index (χ4v) is 5.56. The number of imide groups is 1. The van der Waals surface area contributed by atoms with Crippen molar-refractivity contribution in [2.75, 3.05) is 0 Å². The van der Waals surface area contributed by atoms with Gasteiger partial charge < -0.3 is 0 Å². The Balaban J connectivity index is 1.63. The van der Waals surface area contributed by atoms with E-state index < -0.39 is 12.1 Å². The molecule has 0 radical (unpaired) electrons. The molecule has 0 spiro atoms. The minimum Gasteiger partial charge on any atom is -0.278 e. The number of hydrogen-bond donors (Lipinski definition) is 0. The first-order valence-corrected chi connectivity index (χ1v) is 8.18. The molecule has 5 heteroatoms. The van der Waals surface area contributed by atoms with E-state index in [4.69, 9.17) is 0 Å². The van der Waals surface area contributed by atoms with Gasteiger partial charge in [-0.05, 0) is 17.9 Å². The van der Waals surface area contributed by atoms with Crippen LogP contribution < -0.4 is 0 Å². The number of benzene rings is 1. The topological polar surface area (TPSA) is 37.4 Å². The SMILES string of the molecule is O=C1C2C(C(=O)N1Cc1ccccc1)[C@H]1C(Br)[C@@H]2C[C@@H]1F. The zero-order chi connectivity index (χ0) is 14.7. The van der Waals surface area contributed by atoms with E-state index >= 15 is 0 Å². The lowest BCUT2D eigenvalue weighted by atomic mass is 9.80. The fourth-order valence-electron chi connectivity index (χ4n) is 4.35. The summed E-state index contributed by atoms with van der Waals surface area (Å²) in [5.41, 5.74) is 0.929. The lowest BCUT2D eigenvalue weighted by Crippen LogP contribution is -2.34. The van der Waals surface area contributed by atoms with Crippen LogP contribution in [0.25, 0.3) is 0 Å². The number of amides is 2. The summed E-state index contributed by atoms with van der Waals surface area (Å²) in [6.07, 6.45) is -0.561. The Morgan fingerprint density at radius 2 is 1.81 bits per heavy atom. The van der Waals surface area contributed by atoms with Gasteiger partial charge in [0, 0.05) is 10.7 Å². The normalized spacial score (nSPS) is 41.0. The zero-order valence-corrected chi connectivity index (χ0v) is 12.9. The number of halogens is 2. The van der Waals surface area contributed by atoms with Crippen LogP contribution in [-0.2, 0) is 16.1 Å². The maximum absolute atomic E-state index is 14.0. The van der Waals surface area contributed by atoms with Crippen molar-refractivity contribution < 1.29 is 14.0 Å². The molecule has 3 nitrogen and oxygen atoms in total. The van der Waals surface area contributed by atoms with Gasteiger partial charge in [0.25, 0.3) is 0 Å². The highest BCUT2D eigenvalue weighted by molar-refractivity contribution is 9.09. The summed E-state index contributed by atoms with van der Waals surface area (Å²) < 4.78 is 14.0. The van der Waals surface area contributed by atoms with Crippen molar-refractivity contribution in [1.29, 1.82) is 0 Å². The van der Waals surface area contributed by atoms with Gasteiger partial charge in [-0.2, -0.15) is 0 Å². The molecule has 2 bridgehead atoms. The molecule has 6 atom stereocenters. The fraction of sp³-hybridized carbons (Fsp3) is 0.500. The van der Waals surface area contributed by atoms with E-state index in [9.17, 15) is 14.0 Å². The van der Waals surface area contributed by atoms with Gasteiger partial charge in [-0.15, -0.1) is 0 Å². The van der Waals surface area contributed by atoms with Crippen molar-refractivity contribution in [2.45, 2.75) is 24.0 Å². The largest absolute Gasteiger partial charge is 0.278 e. The molecule has 110 valence electrons. The maximum atomic E-state index is 14.0. The second-order valence-electron chi connectivity index (χ2n) is 6.24. The second kappa shape index (κ2) is 4.63. The molecule has 3 fully saturated rings. The molecule has 0 N–H and O–H groups in total. The third-order valence-corrected chi connectivity index (χ3v) is 6.53. The molecule has 3 aliphatic rings. The van der Waals surface area contributed by atoms with Gasteiger partial charge in [0.2, 0.25) is 11.8 Å². The van der Waals surface area contributed by atoms with Gasteiger partial charge in [0.05, 0.1) is 18.4 Å². The summed E-state index contributed by atoms with van der Waals surface area (Å²) in [6, 6.07) is 9.46. The maximum Gasteiger partial charge on any atom is 0.233 e. The number of carbonyl (C=O) groups excluding carboxylic acids is 2. The monoisotopic (exact) mass is 351 g/mol. The molecule has 4 rings (SSSR count). The molecule has 1 aliphatic heterocycles. The highest BCUT2D eigenvalue weighted by atomic mass is 79.9. The molecule has 1 aromatic rings. The van der Waals surface area contributed by atoms with Crippen molar-refractivity contribution in [3.63, 3.8) is 0 Å². The first kappa shape index (κ1) is 13.4. The molecule has 3 unspecified atom stereocenters. The van der Waals surface area contributed by atoms with Gasteiger partial charge in [-0.1, -0.05) is 46.3 Å². The van der Waals surface area contributed by atoms with E-state index in [0.717, 1.165) is 5.56 Å². The number of hydrogen-bond acceptors (Lipinski definition) is 2. The highest BCUT2D eigenvalue weighted by Gasteiger charge is 2.67. The average Bonchev–Trinajstić information content (AvgIpc) is 3.01. The number of rotatable bonds is 2. The third kappa shape index (κ3) is 1.76. The van der Waals surface area contributed by atoms with Crippen molar-refractivity contribution in [1.82, 2.24) is 4.90 Å². The predicted octanol–water partition coefficient (Wildman–Crippen LogP) is 2.54. The van der Waals surface area contributed by atoms with Gasteiger partial charge in [-0.3, -0.25) is 14.5 Å².